The van der Waals surface area contributed by atoms with Gasteiger partial charge in [0.15, 0.2) is 5.69 Å². The van der Waals surface area contributed by atoms with Crippen molar-refractivity contribution < 1.29 is 18.7 Å². The van der Waals surface area contributed by atoms with E-state index >= 15 is 0 Å². The van der Waals surface area contributed by atoms with E-state index in [-0.39, 0.29) is 11.5 Å². The molecule has 0 N–H and O–H groups in total. The van der Waals surface area contributed by atoms with Gasteiger partial charge in [-0.15, -0.1) is 0 Å². The Morgan fingerprint density at radius 1 is 1.29 bits per heavy atom. The van der Waals surface area contributed by atoms with Crippen LogP contribution in [0.2, 0.25) is 0 Å². The van der Waals surface area contributed by atoms with Gasteiger partial charge in [0.2, 0.25) is 0 Å². The number of pyridine rings is 1. The molecule has 0 bridgehead atoms. The van der Waals surface area contributed by atoms with Crippen LogP contribution in [0.3, 0.4) is 0 Å². The molecule has 0 fully saturated rings. The third-order valence-electron chi connectivity index (χ3n) is 3.13. The van der Waals surface area contributed by atoms with E-state index in [0.717, 1.165) is 19.3 Å². The lowest BCUT2D eigenvalue weighted by Gasteiger charge is -2.10. The van der Waals surface area contributed by atoms with Crippen LogP contribution < -0.4 is 4.74 Å². The second-order valence-corrected chi connectivity index (χ2v) is 4.71. The molecule has 0 radical (unpaired) electrons. The highest BCUT2D eigenvalue weighted by atomic mass is 19.1. The number of hydrogen-bond donors (Lipinski definition) is 0. The largest absolute Gasteiger partial charge is 0.493 e. The van der Waals surface area contributed by atoms with E-state index in [0.29, 0.717) is 23.3 Å². The standard InChI is InChI=1S/C16H18FNO3/c1-3-4-5-8-21-15-10-14(16(19)20-2)18-13-7-6-11(17)9-12(13)15/h6-7,9-10H,3-5,8H2,1-2H3. The summed E-state index contributed by atoms with van der Waals surface area (Å²) in [5.41, 5.74) is 0.659. The van der Waals surface area contributed by atoms with Crippen molar-refractivity contribution in [1.82, 2.24) is 4.98 Å². The van der Waals surface area contributed by atoms with Gasteiger partial charge in [0.1, 0.15) is 11.6 Å². The Hall–Kier alpha value is -2.17. The maximum Gasteiger partial charge on any atom is 0.356 e. The smallest absolute Gasteiger partial charge is 0.356 e. The minimum Gasteiger partial charge on any atom is -0.493 e. The van der Waals surface area contributed by atoms with Crippen molar-refractivity contribution in [3.63, 3.8) is 0 Å². The molecule has 0 saturated heterocycles. The molecule has 0 spiro atoms. The number of nitrogens with zero attached hydrogens (tertiary/aromatic N) is 1. The average Bonchev–Trinajstić information content (AvgIpc) is 2.50. The van der Waals surface area contributed by atoms with E-state index in [1.54, 1.807) is 0 Å². The molecular weight excluding hydrogens is 273 g/mol. The Morgan fingerprint density at radius 2 is 2.10 bits per heavy atom. The topological polar surface area (TPSA) is 48.4 Å². The number of fused-ring (bicyclic) bond motifs is 1. The molecular formula is C16H18FNO3. The third kappa shape index (κ3) is 3.68. The molecule has 0 saturated carbocycles. The van der Waals surface area contributed by atoms with Gasteiger partial charge in [0.25, 0.3) is 0 Å². The Labute approximate surface area is 122 Å². The zero-order valence-corrected chi connectivity index (χ0v) is 12.2. The number of halogens is 1. The summed E-state index contributed by atoms with van der Waals surface area (Å²) in [7, 11) is 1.29. The van der Waals surface area contributed by atoms with Crippen LogP contribution in [0.1, 0.15) is 36.7 Å². The first-order chi connectivity index (χ1) is 10.2. The lowest BCUT2D eigenvalue weighted by atomic mass is 10.1. The Balaban J connectivity index is 2.38. The van der Waals surface area contributed by atoms with E-state index < -0.39 is 5.97 Å². The van der Waals surface area contributed by atoms with Gasteiger partial charge < -0.3 is 9.47 Å². The predicted octanol–water partition coefficient (Wildman–Crippen LogP) is 3.73. The molecule has 0 unspecified atom stereocenters. The molecule has 2 rings (SSSR count). The maximum absolute atomic E-state index is 13.4. The molecule has 1 aromatic carbocycles. The SMILES string of the molecule is CCCCCOc1cc(C(=O)OC)nc2ccc(F)cc12. The van der Waals surface area contributed by atoms with Crippen molar-refractivity contribution in [1.29, 1.82) is 0 Å². The van der Waals surface area contributed by atoms with Gasteiger partial charge in [0, 0.05) is 11.5 Å². The van der Waals surface area contributed by atoms with Crippen LogP contribution in [-0.2, 0) is 4.74 Å². The molecule has 21 heavy (non-hydrogen) atoms. The summed E-state index contributed by atoms with van der Waals surface area (Å²) >= 11 is 0. The summed E-state index contributed by atoms with van der Waals surface area (Å²) in [6.07, 6.45) is 3.05. The predicted molar refractivity (Wildman–Crippen MR) is 78.1 cm³/mol. The van der Waals surface area contributed by atoms with E-state index in [1.165, 1.54) is 31.4 Å². The second-order valence-electron chi connectivity index (χ2n) is 4.71. The zero-order chi connectivity index (χ0) is 15.2. The Morgan fingerprint density at radius 3 is 2.81 bits per heavy atom. The number of unbranched alkanes of at least 4 members (excludes halogenated alkanes) is 2. The molecule has 0 atom stereocenters. The minimum absolute atomic E-state index is 0.155. The number of esters is 1. The molecule has 1 heterocycles. The van der Waals surface area contributed by atoms with Crippen LogP contribution >= 0.6 is 0 Å². The summed E-state index contributed by atoms with van der Waals surface area (Å²) in [5, 5.41) is 0.555. The number of aromatic nitrogens is 1. The van der Waals surface area contributed by atoms with Crippen molar-refractivity contribution in [2.75, 3.05) is 13.7 Å². The molecule has 1 aromatic heterocycles. The summed E-state index contributed by atoms with van der Waals surface area (Å²) in [4.78, 5) is 15.8. The molecule has 0 aliphatic carbocycles. The van der Waals surface area contributed by atoms with Gasteiger partial charge in [-0.3, -0.25) is 0 Å². The van der Waals surface area contributed by atoms with Crippen LogP contribution in [0.15, 0.2) is 24.3 Å². The van der Waals surface area contributed by atoms with Crippen molar-refractivity contribution in [2.24, 2.45) is 0 Å². The van der Waals surface area contributed by atoms with Crippen molar-refractivity contribution in [2.45, 2.75) is 26.2 Å². The van der Waals surface area contributed by atoms with Crippen LogP contribution in [0.5, 0.6) is 5.75 Å². The van der Waals surface area contributed by atoms with Crippen molar-refractivity contribution >= 4 is 16.9 Å². The van der Waals surface area contributed by atoms with Gasteiger partial charge >= 0.3 is 5.97 Å². The first-order valence-electron chi connectivity index (χ1n) is 6.97. The normalized spacial score (nSPS) is 10.6. The summed E-state index contributed by atoms with van der Waals surface area (Å²) in [6.45, 7) is 2.62. The number of methoxy groups -OCH3 is 1. The van der Waals surface area contributed by atoms with Crippen LogP contribution in [-0.4, -0.2) is 24.7 Å². The lowest BCUT2D eigenvalue weighted by molar-refractivity contribution is 0.0594. The highest BCUT2D eigenvalue weighted by Crippen LogP contribution is 2.27. The second kappa shape index (κ2) is 7.02. The van der Waals surface area contributed by atoms with E-state index in [4.69, 9.17) is 4.74 Å². The minimum atomic E-state index is -0.542. The molecule has 5 heteroatoms. The molecule has 0 aliphatic rings. The third-order valence-corrected chi connectivity index (χ3v) is 3.13. The molecule has 0 amide bonds. The number of benzene rings is 1. The molecule has 112 valence electrons. The monoisotopic (exact) mass is 291 g/mol. The van der Waals surface area contributed by atoms with Crippen LogP contribution in [0, 0.1) is 5.82 Å². The quantitative estimate of drug-likeness (QED) is 0.601. The van der Waals surface area contributed by atoms with E-state index in [2.05, 4.69) is 16.6 Å². The highest BCUT2D eigenvalue weighted by Gasteiger charge is 2.13. The fourth-order valence-corrected chi connectivity index (χ4v) is 2.03. The number of carbonyl (C=O) groups is 1. The lowest BCUT2D eigenvalue weighted by Crippen LogP contribution is -2.06. The molecule has 4 nitrogen and oxygen atoms in total. The number of hydrogen-bond acceptors (Lipinski definition) is 4. The fraction of sp³-hybridized carbons (Fsp3) is 0.375. The van der Waals surface area contributed by atoms with Gasteiger partial charge in [0.05, 0.1) is 19.2 Å². The van der Waals surface area contributed by atoms with Crippen LogP contribution in [0.4, 0.5) is 4.39 Å². The summed E-state index contributed by atoms with van der Waals surface area (Å²) in [5.74, 6) is -0.454. The molecule has 0 aliphatic heterocycles. The van der Waals surface area contributed by atoms with E-state index in [9.17, 15) is 9.18 Å². The summed E-state index contributed by atoms with van der Waals surface area (Å²) < 4.78 is 23.8. The van der Waals surface area contributed by atoms with E-state index in [1.807, 2.05) is 0 Å². The Kier molecular flexibility index (Phi) is 5.09. The number of ether oxygens (including phenoxy) is 2. The zero-order valence-electron chi connectivity index (χ0n) is 12.2. The maximum atomic E-state index is 13.4. The summed E-state index contributed by atoms with van der Waals surface area (Å²) in [6, 6.07) is 5.69. The number of rotatable bonds is 6. The first-order valence-corrected chi connectivity index (χ1v) is 6.97. The Bertz CT molecular complexity index is 643. The highest BCUT2D eigenvalue weighted by molar-refractivity contribution is 5.94. The van der Waals surface area contributed by atoms with Gasteiger partial charge in [-0.1, -0.05) is 19.8 Å². The number of carbonyl (C=O) groups excluding carboxylic acids is 1. The van der Waals surface area contributed by atoms with Gasteiger partial charge in [-0.2, -0.15) is 0 Å². The van der Waals surface area contributed by atoms with Gasteiger partial charge in [-0.05, 0) is 24.6 Å². The van der Waals surface area contributed by atoms with Gasteiger partial charge in [-0.25, -0.2) is 14.2 Å². The van der Waals surface area contributed by atoms with Crippen LogP contribution in [0.25, 0.3) is 10.9 Å². The average molecular weight is 291 g/mol. The van der Waals surface area contributed by atoms with Crippen molar-refractivity contribution in [3.8, 4) is 5.75 Å². The molecule has 2 aromatic rings. The fourth-order valence-electron chi connectivity index (χ4n) is 2.03. The van der Waals surface area contributed by atoms with Crippen molar-refractivity contribution in [3.05, 3.63) is 35.8 Å². The first kappa shape index (κ1) is 15.2.